The van der Waals surface area contributed by atoms with E-state index in [0.29, 0.717) is 13.2 Å². The van der Waals surface area contributed by atoms with E-state index in [1.807, 2.05) is 30.3 Å². The van der Waals surface area contributed by atoms with Gasteiger partial charge in [0.1, 0.15) is 17.3 Å². The van der Waals surface area contributed by atoms with E-state index in [9.17, 15) is 0 Å². The van der Waals surface area contributed by atoms with Crippen molar-refractivity contribution in [2.45, 2.75) is 52.1 Å². The van der Waals surface area contributed by atoms with Gasteiger partial charge in [-0.05, 0) is 24.6 Å². The van der Waals surface area contributed by atoms with Crippen LogP contribution in [0.15, 0.2) is 56.6 Å². The third kappa shape index (κ3) is 5.10. The Morgan fingerprint density at radius 3 is 2.87 bits per heavy atom. The van der Waals surface area contributed by atoms with Crippen molar-refractivity contribution >= 4 is 5.96 Å². The van der Waals surface area contributed by atoms with Crippen LogP contribution >= 0.6 is 0 Å². The molecule has 0 amide bonds. The summed E-state index contributed by atoms with van der Waals surface area (Å²) in [6, 6.07) is 12.2. The Morgan fingerprint density at radius 2 is 2.06 bits per heavy atom. The molecule has 0 saturated heterocycles. The van der Waals surface area contributed by atoms with Crippen LogP contribution in [0.5, 0.6) is 5.75 Å². The average molecular weight is 423 g/mol. The van der Waals surface area contributed by atoms with Crippen LogP contribution in [0.1, 0.15) is 54.7 Å². The van der Waals surface area contributed by atoms with Crippen molar-refractivity contribution in [2.75, 3.05) is 13.2 Å². The van der Waals surface area contributed by atoms with E-state index >= 15 is 0 Å². The summed E-state index contributed by atoms with van der Waals surface area (Å²) in [5.41, 5.74) is 3.22. The van der Waals surface area contributed by atoms with E-state index in [1.165, 1.54) is 0 Å². The molecular formula is C24H30N4O3. The minimum absolute atomic E-state index is 0.138. The van der Waals surface area contributed by atoms with Crippen LogP contribution in [0.2, 0.25) is 0 Å². The largest absolute Gasteiger partial charge is 0.493 e. The van der Waals surface area contributed by atoms with Crippen LogP contribution < -0.4 is 15.4 Å². The van der Waals surface area contributed by atoms with Gasteiger partial charge in [0.25, 0.3) is 0 Å². The first kappa shape index (κ1) is 21.0. The molecule has 31 heavy (non-hydrogen) atoms. The normalized spacial score (nSPS) is 15.9. The number of aryl methyl sites for hydroxylation is 2. The van der Waals surface area contributed by atoms with Crippen LogP contribution in [0, 0.1) is 0 Å². The van der Waals surface area contributed by atoms with E-state index in [0.717, 1.165) is 72.3 Å². The number of furan rings is 1. The molecule has 4 rings (SSSR count). The number of benzene rings is 1. The second-order valence-electron chi connectivity index (χ2n) is 7.53. The second-order valence-corrected chi connectivity index (χ2v) is 7.53. The van der Waals surface area contributed by atoms with Gasteiger partial charge in [-0.25, -0.2) is 4.99 Å². The second kappa shape index (κ2) is 10.2. The Morgan fingerprint density at radius 1 is 1.16 bits per heavy atom. The SMILES string of the molecule is CCc1noc(CC)c1CN=C(NCCc1ccco1)NC1CCOc2ccccc21. The number of nitrogens with one attached hydrogen (secondary N) is 2. The molecule has 3 aromatic rings. The van der Waals surface area contributed by atoms with Crippen LogP contribution in [-0.4, -0.2) is 24.3 Å². The zero-order valence-corrected chi connectivity index (χ0v) is 18.2. The first-order valence-electron chi connectivity index (χ1n) is 11.0. The molecule has 0 fully saturated rings. The van der Waals surface area contributed by atoms with Gasteiger partial charge in [0.15, 0.2) is 5.96 Å². The molecule has 1 aliphatic rings. The van der Waals surface area contributed by atoms with E-state index < -0.39 is 0 Å². The van der Waals surface area contributed by atoms with E-state index in [2.05, 4.69) is 35.7 Å². The smallest absolute Gasteiger partial charge is 0.192 e. The monoisotopic (exact) mass is 422 g/mol. The molecule has 1 unspecified atom stereocenters. The molecule has 0 spiro atoms. The number of guanidine groups is 1. The van der Waals surface area contributed by atoms with Gasteiger partial charge in [0.2, 0.25) is 0 Å². The molecule has 2 aromatic heterocycles. The third-order valence-electron chi connectivity index (χ3n) is 5.52. The topological polar surface area (TPSA) is 84.8 Å². The summed E-state index contributed by atoms with van der Waals surface area (Å²) in [5, 5.41) is 11.3. The highest BCUT2D eigenvalue weighted by molar-refractivity contribution is 5.80. The zero-order valence-electron chi connectivity index (χ0n) is 18.2. The summed E-state index contributed by atoms with van der Waals surface area (Å²) < 4.78 is 16.8. The fourth-order valence-corrected chi connectivity index (χ4v) is 3.84. The fraction of sp³-hybridized carbons (Fsp3) is 0.417. The van der Waals surface area contributed by atoms with E-state index in [1.54, 1.807) is 6.26 Å². The van der Waals surface area contributed by atoms with Crippen LogP contribution in [0.25, 0.3) is 0 Å². The van der Waals surface area contributed by atoms with Gasteiger partial charge in [0, 0.05) is 36.9 Å². The predicted octanol–water partition coefficient (Wildman–Crippen LogP) is 4.19. The molecule has 1 atom stereocenters. The van der Waals surface area contributed by atoms with Gasteiger partial charge in [-0.3, -0.25) is 0 Å². The van der Waals surface area contributed by atoms with Gasteiger partial charge in [0.05, 0.1) is 31.2 Å². The summed E-state index contributed by atoms with van der Waals surface area (Å²) in [7, 11) is 0. The highest BCUT2D eigenvalue weighted by Crippen LogP contribution is 2.31. The first-order chi connectivity index (χ1) is 15.3. The molecular weight excluding hydrogens is 392 g/mol. The van der Waals surface area contributed by atoms with Crippen LogP contribution in [0.3, 0.4) is 0 Å². The fourth-order valence-electron chi connectivity index (χ4n) is 3.84. The minimum Gasteiger partial charge on any atom is -0.493 e. The summed E-state index contributed by atoms with van der Waals surface area (Å²) in [4.78, 5) is 4.89. The number of hydrogen-bond donors (Lipinski definition) is 2. The number of para-hydroxylation sites is 1. The van der Waals surface area contributed by atoms with Crippen molar-refractivity contribution in [3.63, 3.8) is 0 Å². The van der Waals surface area contributed by atoms with Gasteiger partial charge in [-0.15, -0.1) is 0 Å². The zero-order chi connectivity index (χ0) is 21.5. The highest BCUT2D eigenvalue weighted by atomic mass is 16.5. The number of aromatic nitrogens is 1. The number of ether oxygens (including phenoxy) is 1. The lowest BCUT2D eigenvalue weighted by molar-refractivity contribution is 0.261. The molecule has 1 aromatic carbocycles. The molecule has 0 bridgehead atoms. The Bertz CT molecular complexity index is 973. The Kier molecular flexibility index (Phi) is 6.92. The van der Waals surface area contributed by atoms with Gasteiger partial charge >= 0.3 is 0 Å². The number of hydrogen-bond acceptors (Lipinski definition) is 5. The molecule has 7 heteroatoms. The quantitative estimate of drug-likeness (QED) is 0.418. The summed E-state index contributed by atoms with van der Waals surface area (Å²) in [6.07, 6.45) is 5.00. The maximum absolute atomic E-state index is 5.81. The lowest BCUT2D eigenvalue weighted by atomic mass is 10.0. The maximum atomic E-state index is 5.81. The standard InChI is InChI=1S/C24H30N4O3/c1-3-20-19(22(4-2)31-28-20)16-26-24(25-13-11-17-8-7-14-29-17)27-21-12-15-30-23-10-6-5-9-18(21)23/h5-10,14,21H,3-4,11-13,15-16H2,1-2H3,(H2,25,26,27). The van der Waals surface area contributed by atoms with Crippen LogP contribution in [-0.2, 0) is 25.8 Å². The summed E-state index contributed by atoms with van der Waals surface area (Å²) in [5.74, 6) is 3.55. The van der Waals surface area contributed by atoms with Crippen molar-refractivity contribution in [3.8, 4) is 5.75 Å². The van der Waals surface area contributed by atoms with Crippen LogP contribution in [0.4, 0.5) is 0 Å². The van der Waals surface area contributed by atoms with E-state index in [4.69, 9.17) is 18.7 Å². The molecule has 3 heterocycles. The maximum Gasteiger partial charge on any atom is 0.192 e. The predicted molar refractivity (Wildman–Crippen MR) is 119 cm³/mol. The van der Waals surface area contributed by atoms with Gasteiger partial charge in [-0.1, -0.05) is 37.2 Å². The van der Waals surface area contributed by atoms with Gasteiger partial charge in [-0.2, -0.15) is 0 Å². The van der Waals surface area contributed by atoms with Crippen molar-refractivity contribution in [1.29, 1.82) is 0 Å². The van der Waals surface area contributed by atoms with Crippen molar-refractivity contribution in [3.05, 3.63) is 71.0 Å². The molecule has 0 radical (unpaired) electrons. The molecule has 7 nitrogen and oxygen atoms in total. The first-order valence-corrected chi connectivity index (χ1v) is 11.0. The number of aliphatic imine (C=N–C) groups is 1. The highest BCUT2D eigenvalue weighted by Gasteiger charge is 2.22. The van der Waals surface area contributed by atoms with Crippen molar-refractivity contribution < 1.29 is 13.7 Å². The lowest BCUT2D eigenvalue weighted by Gasteiger charge is -2.28. The third-order valence-corrected chi connectivity index (χ3v) is 5.52. The van der Waals surface area contributed by atoms with Crippen molar-refractivity contribution in [2.24, 2.45) is 4.99 Å². The number of fused-ring (bicyclic) bond motifs is 1. The summed E-state index contributed by atoms with van der Waals surface area (Å²) >= 11 is 0. The number of nitrogens with zero attached hydrogens (tertiary/aromatic N) is 2. The number of rotatable bonds is 8. The molecule has 0 aliphatic carbocycles. The Labute approximate surface area is 182 Å². The molecule has 2 N–H and O–H groups in total. The molecule has 164 valence electrons. The molecule has 0 saturated carbocycles. The minimum atomic E-state index is 0.138. The van der Waals surface area contributed by atoms with E-state index in [-0.39, 0.29) is 6.04 Å². The Hall–Kier alpha value is -3.22. The summed E-state index contributed by atoms with van der Waals surface area (Å²) in [6.45, 7) is 6.09. The van der Waals surface area contributed by atoms with Crippen molar-refractivity contribution in [1.82, 2.24) is 15.8 Å². The molecule has 1 aliphatic heterocycles. The lowest BCUT2D eigenvalue weighted by Crippen LogP contribution is -2.42. The average Bonchev–Trinajstić information content (AvgIpc) is 3.46. The Balaban J connectivity index is 1.51. The van der Waals surface area contributed by atoms with Gasteiger partial charge < -0.3 is 24.3 Å².